The van der Waals surface area contributed by atoms with Gasteiger partial charge in [0.1, 0.15) is 30.5 Å². The van der Waals surface area contributed by atoms with E-state index >= 15 is 0 Å². The fourth-order valence-electron chi connectivity index (χ4n) is 3.75. The first-order chi connectivity index (χ1) is 13.9. The van der Waals surface area contributed by atoms with E-state index in [0.29, 0.717) is 17.5 Å². The molecule has 2 aromatic rings. The van der Waals surface area contributed by atoms with Gasteiger partial charge in [-0.05, 0) is 53.6 Å². The summed E-state index contributed by atoms with van der Waals surface area (Å²) in [5, 5.41) is 49.6. The van der Waals surface area contributed by atoms with Crippen molar-refractivity contribution in [2.75, 3.05) is 6.61 Å². The van der Waals surface area contributed by atoms with Crippen LogP contribution in [0.15, 0.2) is 36.4 Å². The molecule has 3 rings (SSSR count). The predicted octanol–water partition coefficient (Wildman–Crippen LogP) is 1.53. The van der Waals surface area contributed by atoms with Gasteiger partial charge in [-0.1, -0.05) is 37.3 Å². The fourth-order valence-corrected chi connectivity index (χ4v) is 3.75. The number of aliphatic hydroxyl groups is 4. The number of benzene rings is 2. The molecule has 0 saturated carbocycles. The molecule has 1 fully saturated rings. The summed E-state index contributed by atoms with van der Waals surface area (Å²) in [4.78, 5) is 0. The lowest BCUT2D eigenvalue weighted by Gasteiger charge is -2.40. The highest BCUT2D eigenvalue weighted by atomic mass is 16.5. The third-order valence-corrected chi connectivity index (χ3v) is 5.70. The Labute approximate surface area is 170 Å². The largest absolute Gasteiger partial charge is 0.394 e. The average Bonchev–Trinajstić information content (AvgIpc) is 2.74. The summed E-state index contributed by atoms with van der Waals surface area (Å²) in [6.07, 6.45) is -4.62. The molecule has 0 amide bonds. The number of aliphatic hydroxyl groups excluding tert-OH is 4. The molecule has 1 aliphatic heterocycles. The highest BCUT2D eigenvalue weighted by molar-refractivity contribution is 5.48. The molecule has 154 valence electrons. The highest BCUT2D eigenvalue weighted by Crippen LogP contribution is 2.34. The minimum Gasteiger partial charge on any atom is -0.394 e. The molecule has 6 heteroatoms. The van der Waals surface area contributed by atoms with Crippen LogP contribution in [0.25, 0.3) is 0 Å². The van der Waals surface area contributed by atoms with E-state index in [9.17, 15) is 25.7 Å². The number of aryl methyl sites for hydroxylation is 1. The Hall–Kier alpha value is -2.27. The number of ether oxygens (including phenoxy) is 1. The molecule has 0 aliphatic carbocycles. The summed E-state index contributed by atoms with van der Waals surface area (Å²) >= 11 is 0. The van der Waals surface area contributed by atoms with Crippen LogP contribution < -0.4 is 0 Å². The zero-order valence-electron chi connectivity index (χ0n) is 16.6. The number of rotatable bonds is 5. The summed E-state index contributed by atoms with van der Waals surface area (Å²) in [5.41, 5.74) is 5.10. The smallest absolute Gasteiger partial charge is 0.113 e. The Morgan fingerprint density at radius 2 is 1.66 bits per heavy atom. The van der Waals surface area contributed by atoms with E-state index in [-0.39, 0.29) is 0 Å². The number of hydrogen-bond donors (Lipinski definition) is 4. The topological polar surface area (TPSA) is 114 Å². The molecule has 0 spiro atoms. The minimum absolute atomic E-state index is 0.458. The first-order valence-corrected chi connectivity index (χ1v) is 9.81. The lowest BCUT2D eigenvalue weighted by molar-refractivity contribution is -0.231. The molecule has 0 bridgehead atoms. The molecule has 29 heavy (non-hydrogen) atoms. The maximum absolute atomic E-state index is 10.4. The maximum Gasteiger partial charge on any atom is 0.113 e. The zero-order valence-corrected chi connectivity index (χ0v) is 16.6. The monoisotopic (exact) mass is 397 g/mol. The third-order valence-electron chi connectivity index (χ3n) is 5.70. The molecule has 4 N–H and O–H groups in total. The first-order valence-electron chi connectivity index (χ1n) is 9.81. The van der Waals surface area contributed by atoms with Crippen LogP contribution in [0.1, 0.15) is 46.4 Å². The Balaban J connectivity index is 1.97. The Morgan fingerprint density at radius 3 is 2.24 bits per heavy atom. The summed E-state index contributed by atoms with van der Waals surface area (Å²) in [6.45, 7) is 3.49. The predicted molar refractivity (Wildman–Crippen MR) is 107 cm³/mol. The first kappa shape index (κ1) is 21.4. The lowest BCUT2D eigenvalue weighted by Crippen LogP contribution is -2.55. The van der Waals surface area contributed by atoms with Crippen LogP contribution in [0.5, 0.6) is 0 Å². The average molecular weight is 397 g/mol. The molecule has 2 unspecified atom stereocenters. The molecule has 1 aliphatic rings. The van der Waals surface area contributed by atoms with Crippen molar-refractivity contribution in [2.45, 2.75) is 57.2 Å². The molecule has 1 heterocycles. The van der Waals surface area contributed by atoms with Crippen molar-refractivity contribution < 1.29 is 25.2 Å². The van der Waals surface area contributed by atoms with Crippen molar-refractivity contribution in [3.63, 3.8) is 0 Å². The van der Waals surface area contributed by atoms with Crippen LogP contribution in [0.2, 0.25) is 0 Å². The zero-order chi connectivity index (χ0) is 21.1. The van der Waals surface area contributed by atoms with Crippen molar-refractivity contribution in [3.8, 4) is 6.07 Å². The number of nitrogens with zero attached hydrogens (tertiary/aromatic N) is 1. The van der Waals surface area contributed by atoms with Crippen LogP contribution in [0.4, 0.5) is 0 Å². The summed E-state index contributed by atoms with van der Waals surface area (Å²) < 4.78 is 5.67. The van der Waals surface area contributed by atoms with Crippen LogP contribution in [0.3, 0.4) is 0 Å². The van der Waals surface area contributed by atoms with Gasteiger partial charge in [0, 0.05) is 0 Å². The van der Waals surface area contributed by atoms with Gasteiger partial charge in [0.25, 0.3) is 0 Å². The van der Waals surface area contributed by atoms with E-state index < -0.39 is 37.1 Å². The van der Waals surface area contributed by atoms with E-state index in [4.69, 9.17) is 4.74 Å². The fraction of sp³-hybridized carbons (Fsp3) is 0.435. The van der Waals surface area contributed by atoms with Gasteiger partial charge < -0.3 is 25.2 Å². The quantitative estimate of drug-likeness (QED) is 0.609. The molecule has 0 radical (unpaired) electrons. The van der Waals surface area contributed by atoms with Crippen molar-refractivity contribution in [1.82, 2.24) is 0 Å². The normalized spacial score (nSPS) is 26.9. The standard InChI is InChI=1S/C23H27NO5/c1-3-14-4-6-15(7-5-14)8-16-9-17(10-18(11-24)13(16)2)23-22(28)21(27)20(26)19(12-25)29-23/h4-7,9-10,19-23,25-28H,3,8,12H2,1-2H3/t19?,20-,21+,22-,23?/m1/s1. The number of hydrogen-bond acceptors (Lipinski definition) is 6. The van der Waals surface area contributed by atoms with Gasteiger partial charge in [-0.3, -0.25) is 0 Å². The van der Waals surface area contributed by atoms with E-state index in [1.165, 1.54) is 5.56 Å². The van der Waals surface area contributed by atoms with Gasteiger partial charge in [-0.2, -0.15) is 5.26 Å². The molecule has 6 nitrogen and oxygen atoms in total. The second-order valence-corrected chi connectivity index (χ2v) is 7.56. The second-order valence-electron chi connectivity index (χ2n) is 7.56. The van der Waals surface area contributed by atoms with Crippen molar-refractivity contribution >= 4 is 0 Å². The van der Waals surface area contributed by atoms with E-state index in [2.05, 4.69) is 37.3 Å². The van der Waals surface area contributed by atoms with E-state index in [0.717, 1.165) is 23.1 Å². The van der Waals surface area contributed by atoms with Crippen LogP contribution >= 0.6 is 0 Å². The van der Waals surface area contributed by atoms with Gasteiger partial charge in [-0.15, -0.1) is 0 Å². The molecule has 1 saturated heterocycles. The minimum atomic E-state index is -1.46. The van der Waals surface area contributed by atoms with Crippen LogP contribution in [-0.2, 0) is 17.6 Å². The Morgan fingerprint density at radius 1 is 1.00 bits per heavy atom. The molecule has 5 atom stereocenters. The lowest BCUT2D eigenvalue weighted by atomic mass is 9.87. The maximum atomic E-state index is 10.4. The third kappa shape index (κ3) is 4.35. The van der Waals surface area contributed by atoms with Gasteiger partial charge in [0.2, 0.25) is 0 Å². The van der Waals surface area contributed by atoms with Crippen molar-refractivity contribution in [1.29, 1.82) is 5.26 Å². The van der Waals surface area contributed by atoms with Gasteiger partial charge in [0.15, 0.2) is 0 Å². The summed E-state index contributed by atoms with van der Waals surface area (Å²) in [6, 6.07) is 14.0. The molecule has 0 aromatic heterocycles. The van der Waals surface area contributed by atoms with Gasteiger partial charge in [0.05, 0.1) is 18.2 Å². The molecule has 2 aromatic carbocycles. The van der Waals surface area contributed by atoms with Crippen molar-refractivity contribution in [3.05, 3.63) is 69.8 Å². The van der Waals surface area contributed by atoms with Crippen LogP contribution in [-0.4, -0.2) is 51.4 Å². The van der Waals surface area contributed by atoms with Crippen molar-refractivity contribution in [2.24, 2.45) is 0 Å². The van der Waals surface area contributed by atoms with Gasteiger partial charge in [-0.25, -0.2) is 0 Å². The van der Waals surface area contributed by atoms with E-state index in [1.807, 2.05) is 13.0 Å². The summed E-state index contributed by atoms with van der Waals surface area (Å²) in [5.74, 6) is 0. The van der Waals surface area contributed by atoms with E-state index in [1.54, 1.807) is 6.07 Å². The van der Waals surface area contributed by atoms with Gasteiger partial charge >= 0.3 is 0 Å². The molecular formula is C23H27NO5. The molecular weight excluding hydrogens is 370 g/mol. The highest BCUT2D eigenvalue weighted by Gasteiger charge is 2.44. The SMILES string of the molecule is CCc1ccc(Cc2cc(C3OC(CO)[C@@H](O)[C@H](O)[C@H]3O)cc(C#N)c2C)cc1. The Kier molecular flexibility index (Phi) is 6.68. The Bertz CT molecular complexity index is 887. The second kappa shape index (κ2) is 9.04. The van der Waals surface area contributed by atoms with Crippen LogP contribution in [0, 0.1) is 18.3 Å². The summed E-state index contributed by atoms with van der Waals surface area (Å²) in [7, 11) is 0. The number of nitriles is 1.